The average Bonchev–Trinajstić information content (AvgIpc) is 2.66. The largest absolute Gasteiger partial charge is 0.395 e. The SMILES string of the molecule is CCN(C)Cc1sccc1C#CCCO. The summed E-state index contributed by atoms with van der Waals surface area (Å²) >= 11 is 1.74. The normalized spacial score (nSPS) is 10.1. The van der Waals surface area contributed by atoms with Crippen LogP contribution in [0.3, 0.4) is 0 Å². The minimum absolute atomic E-state index is 0.140. The van der Waals surface area contributed by atoms with Crippen LogP contribution < -0.4 is 0 Å². The predicted octanol–water partition coefficient (Wildman–Crippen LogP) is 1.93. The molecule has 0 aliphatic rings. The molecule has 0 aliphatic heterocycles. The van der Waals surface area contributed by atoms with Gasteiger partial charge in [0.25, 0.3) is 0 Å². The molecular weight excluding hydrogens is 206 g/mol. The summed E-state index contributed by atoms with van der Waals surface area (Å²) in [6, 6.07) is 2.05. The molecule has 0 aromatic carbocycles. The molecule has 0 saturated heterocycles. The maximum atomic E-state index is 8.64. The van der Waals surface area contributed by atoms with Gasteiger partial charge in [0.2, 0.25) is 0 Å². The quantitative estimate of drug-likeness (QED) is 0.788. The monoisotopic (exact) mass is 223 g/mol. The molecule has 0 radical (unpaired) electrons. The van der Waals surface area contributed by atoms with Crippen LogP contribution in [0.5, 0.6) is 0 Å². The molecule has 1 rings (SSSR count). The summed E-state index contributed by atoms with van der Waals surface area (Å²) in [5, 5.41) is 10.7. The van der Waals surface area contributed by atoms with Gasteiger partial charge >= 0.3 is 0 Å². The first-order valence-corrected chi connectivity index (χ1v) is 6.00. The van der Waals surface area contributed by atoms with Gasteiger partial charge in [0.05, 0.1) is 6.61 Å². The Balaban J connectivity index is 2.66. The van der Waals surface area contributed by atoms with Gasteiger partial charge in [-0.2, -0.15) is 0 Å². The molecule has 0 unspecified atom stereocenters. The van der Waals surface area contributed by atoms with Crippen molar-refractivity contribution in [2.45, 2.75) is 19.9 Å². The summed E-state index contributed by atoms with van der Waals surface area (Å²) < 4.78 is 0. The van der Waals surface area contributed by atoms with E-state index in [1.54, 1.807) is 11.3 Å². The van der Waals surface area contributed by atoms with Gasteiger partial charge in [-0.1, -0.05) is 18.8 Å². The zero-order chi connectivity index (χ0) is 11.1. The maximum absolute atomic E-state index is 8.64. The van der Waals surface area contributed by atoms with E-state index in [1.807, 2.05) is 6.07 Å². The van der Waals surface area contributed by atoms with Crippen LogP contribution in [0.15, 0.2) is 11.4 Å². The zero-order valence-corrected chi connectivity index (χ0v) is 10.1. The van der Waals surface area contributed by atoms with Gasteiger partial charge in [-0.3, -0.25) is 0 Å². The molecular formula is C12H17NOS. The van der Waals surface area contributed by atoms with E-state index in [2.05, 4.69) is 36.1 Å². The lowest BCUT2D eigenvalue weighted by Gasteiger charge is -2.12. The second-order valence-corrected chi connectivity index (χ2v) is 4.36. The van der Waals surface area contributed by atoms with Crippen LogP contribution in [0.4, 0.5) is 0 Å². The topological polar surface area (TPSA) is 23.5 Å². The third-order valence-electron chi connectivity index (χ3n) is 2.16. The minimum atomic E-state index is 0.140. The summed E-state index contributed by atoms with van der Waals surface area (Å²) in [5.41, 5.74) is 1.11. The molecule has 1 heterocycles. The first-order valence-electron chi connectivity index (χ1n) is 5.12. The third-order valence-corrected chi connectivity index (χ3v) is 3.06. The van der Waals surface area contributed by atoms with E-state index in [1.165, 1.54) is 4.88 Å². The van der Waals surface area contributed by atoms with Crippen molar-refractivity contribution in [1.82, 2.24) is 4.90 Å². The number of aliphatic hydroxyl groups is 1. The Bertz CT molecular complexity index is 348. The lowest BCUT2D eigenvalue weighted by atomic mass is 10.2. The molecule has 0 bridgehead atoms. The Morgan fingerprint density at radius 3 is 3.00 bits per heavy atom. The van der Waals surface area contributed by atoms with Crippen LogP contribution in [0.1, 0.15) is 23.8 Å². The number of aliphatic hydroxyl groups excluding tert-OH is 1. The van der Waals surface area contributed by atoms with Gasteiger partial charge in [-0.25, -0.2) is 0 Å². The van der Waals surface area contributed by atoms with Gasteiger partial charge < -0.3 is 10.0 Å². The van der Waals surface area contributed by atoms with Crippen molar-refractivity contribution >= 4 is 11.3 Å². The fourth-order valence-electron chi connectivity index (χ4n) is 1.15. The van der Waals surface area contributed by atoms with Crippen LogP contribution in [0.2, 0.25) is 0 Å². The highest BCUT2D eigenvalue weighted by Crippen LogP contribution is 2.17. The number of nitrogens with zero attached hydrogens (tertiary/aromatic N) is 1. The second kappa shape index (κ2) is 6.62. The maximum Gasteiger partial charge on any atom is 0.0540 e. The van der Waals surface area contributed by atoms with Crippen molar-refractivity contribution in [2.24, 2.45) is 0 Å². The van der Waals surface area contributed by atoms with E-state index in [4.69, 9.17) is 5.11 Å². The van der Waals surface area contributed by atoms with E-state index in [0.29, 0.717) is 6.42 Å². The van der Waals surface area contributed by atoms with E-state index in [0.717, 1.165) is 18.7 Å². The summed E-state index contributed by atoms with van der Waals surface area (Å²) in [6.45, 7) is 4.28. The highest BCUT2D eigenvalue weighted by atomic mass is 32.1. The van der Waals surface area contributed by atoms with Gasteiger partial charge in [-0.05, 0) is 25.0 Å². The predicted molar refractivity (Wildman–Crippen MR) is 64.9 cm³/mol. The van der Waals surface area contributed by atoms with Crippen LogP contribution in [-0.4, -0.2) is 30.2 Å². The molecule has 82 valence electrons. The highest BCUT2D eigenvalue weighted by Gasteiger charge is 2.03. The van der Waals surface area contributed by atoms with E-state index in [9.17, 15) is 0 Å². The van der Waals surface area contributed by atoms with Crippen LogP contribution in [0, 0.1) is 11.8 Å². The van der Waals surface area contributed by atoms with Crippen molar-refractivity contribution in [3.05, 3.63) is 21.9 Å². The molecule has 0 aliphatic carbocycles. The standard InChI is InChI=1S/C12H17NOS/c1-3-13(2)10-12-11(7-9-15-12)6-4-5-8-14/h7,9,14H,3,5,8,10H2,1-2H3. The van der Waals surface area contributed by atoms with Crippen molar-refractivity contribution in [3.8, 4) is 11.8 Å². The molecule has 0 fully saturated rings. The van der Waals surface area contributed by atoms with Crippen molar-refractivity contribution in [1.29, 1.82) is 0 Å². The van der Waals surface area contributed by atoms with Crippen molar-refractivity contribution < 1.29 is 5.11 Å². The molecule has 0 atom stereocenters. The summed E-state index contributed by atoms with van der Waals surface area (Å²) in [4.78, 5) is 3.56. The number of rotatable bonds is 4. The molecule has 1 aromatic heterocycles. The third kappa shape index (κ3) is 4.05. The lowest BCUT2D eigenvalue weighted by molar-refractivity contribution is 0.305. The van der Waals surface area contributed by atoms with Gasteiger partial charge in [0.15, 0.2) is 0 Å². The molecule has 0 amide bonds. The van der Waals surface area contributed by atoms with Crippen molar-refractivity contribution in [2.75, 3.05) is 20.2 Å². The van der Waals surface area contributed by atoms with E-state index in [-0.39, 0.29) is 6.61 Å². The lowest BCUT2D eigenvalue weighted by Crippen LogP contribution is -2.16. The zero-order valence-electron chi connectivity index (χ0n) is 9.29. The Labute approximate surface area is 95.5 Å². The molecule has 3 heteroatoms. The first-order chi connectivity index (χ1) is 7.27. The fourth-order valence-corrected chi connectivity index (χ4v) is 2.05. The summed E-state index contributed by atoms with van der Waals surface area (Å²) in [7, 11) is 2.10. The Kier molecular flexibility index (Phi) is 5.41. The summed E-state index contributed by atoms with van der Waals surface area (Å²) in [6.07, 6.45) is 0.554. The molecule has 0 spiro atoms. The fraction of sp³-hybridized carbons (Fsp3) is 0.500. The van der Waals surface area contributed by atoms with E-state index < -0.39 is 0 Å². The van der Waals surface area contributed by atoms with Crippen molar-refractivity contribution in [3.63, 3.8) is 0 Å². The van der Waals surface area contributed by atoms with Crippen LogP contribution in [-0.2, 0) is 6.54 Å². The first kappa shape index (κ1) is 12.3. The van der Waals surface area contributed by atoms with Crippen LogP contribution >= 0.6 is 11.3 Å². The molecule has 2 nitrogen and oxygen atoms in total. The Hall–Kier alpha value is -0.820. The Morgan fingerprint density at radius 2 is 2.33 bits per heavy atom. The number of hydrogen-bond acceptors (Lipinski definition) is 3. The second-order valence-electron chi connectivity index (χ2n) is 3.36. The average molecular weight is 223 g/mol. The minimum Gasteiger partial charge on any atom is -0.395 e. The molecule has 0 saturated carbocycles. The number of thiophene rings is 1. The van der Waals surface area contributed by atoms with E-state index >= 15 is 0 Å². The molecule has 1 aromatic rings. The van der Waals surface area contributed by atoms with Crippen LogP contribution in [0.25, 0.3) is 0 Å². The smallest absolute Gasteiger partial charge is 0.0540 e. The molecule has 1 N–H and O–H groups in total. The summed E-state index contributed by atoms with van der Waals surface area (Å²) in [5.74, 6) is 6.05. The number of hydrogen-bond donors (Lipinski definition) is 1. The van der Waals surface area contributed by atoms with Gasteiger partial charge in [-0.15, -0.1) is 11.3 Å². The van der Waals surface area contributed by atoms with Gasteiger partial charge in [0, 0.05) is 23.4 Å². The highest BCUT2D eigenvalue weighted by molar-refractivity contribution is 7.10. The van der Waals surface area contributed by atoms with Gasteiger partial charge in [0.1, 0.15) is 0 Å². The Morgan fingerprint density at radius 1 is 1.53 bits per heavy atom. The molecule has 15 heavy (non-hydrogen) atoms.